The maximum Gasteiger partial charge on any atom is 0.293 e. The number of imidazole rings is 1. The third-order valence-corrected chi connectivity index (χ3v) is 6.00. The predicted molar refractivity (Wildman–Crippen MR) is 141 cm³/mol. The molecular weight excluding hydrogens is 480 g/mol. The van der Waals surface area contributed by atoms with Crippen molar-refractivity contribution in [1.29, 1.82) is 0 Å². The minimum absolute atomic E-state index is 0.0710. The number of carbonyl (C=O) groups excluding carboxylic acids is 1. The van der Waals surface area contributed by atoms with E-state index in [0.717, 1.165) is 16.6 Å². The number of aromatic nitrogens is 2. The standard InChI is InChI=1S/C25H22N6O4S/c32-24(17-8-9-21(22(15-17)31(33)34)30-10-12-35-13-11-30)29-25(36)26-18-5-3-4-16(14-18)23-27-19-6-1-2-7-20(19)28-23/h1-9,14-15H,10-13H2,(H,27,28)(H2,26,29,32,36). The van der Waals surface area contributed by atoms with Crippen LogP contribution in [-0.4, -0.2) is 52.2 Å². The Morgan fingerprint density at radius 3 is 2.67 bits per heavy atom. The number of morpholine rings is 1. The normalized spacial score (nSPS) is 13.4. The number of ether oxygens (including phenoxy) is 1. The summed E-state index contributed by atoms with van der Waals surface area (Å²) >= 11 is 5.31. The number of anilines is 2. The Kier molecular flexibility index (Phi) is 6.56. The average molecular weight is 503 g/mol. The van der Waals surface area contributed by atoms with Crippen LogP contribution in [-0.2, 0) is 4.74 Å². The van der Waals surface area contributed by atoms with Crippen LogP contribution in [0.2, 0.25) is 0 Å². The van der Waals surface area contributed by atoms with Crippen molar-refractivity contribution in [2.45, 2.75) is 0 Å². The van der Waals surface area contributed by atoms with Crippen LogP contribution < -0.4 is 15.5 Å². The fourth-order valence-corrected chi connectivity index (χ4v) is 4.26. The molecule has 3 N–H and O–H groups in total. The van der Waals surface area contributed by atoms with Crippen molar-refractivity contribution in [2.24, 2.45) is 0 Å². The number of nitro groups is 1. The van der Waals surface area contributed by atoms with Gasteiger partial charge >= 0.3 is 0 Å². The SMILES string of the molecule is O=C(NC(=S)Nc1cccc(-c2nc3ccccc3[nH]2)c1)c1ccc(N2CCOCC2)c([N+](=O)[O-])c1. The second-order valence-corrected chi connectivity index (χ2v) is 8.56. The van der Waals surface area contributed by atoms with Gasteiger partial charge in [0.05, 0.1) is 29.2 Å². The van der Waals surface area contributed by atoms with E-state index in [2.05, 4.69) is 20.6 Å². The minimum atomic E-state index is -0.544. The highest BCUT2D eigenvalue weighted by Crippen LogP contribution is 2.30. The highest BCUT2D eigenvalue weighted by molar-refractivity contribution is 7.80. The Balaban J connectivity index is 1.28. The summed E-state index contributed by atoms with van der Waals surface area (Å²) in [4.78, 5) is 33.7. The Morgan fingerprint density at radius 2 is 1.89 bits per heavy atom. The molecule has 1 aliphatic heterocycles. The molecule has 1 aliphatic rings. The molecule has 1 saturated heterocycles. The molecule has 0 bridgehead atoms. The number of H-pyrrole nitrogens is 1. The van der Waals surface area contributed by atoms with E-state index in [1.165, 1.54) is 6.07 Å². The first-order valence-electron chi connectivity index (χ1n) is 11.3. The second kappa shape index (κ2) is 10.1. The fraction of sp³-hybridized carbons (Fsp3) is 0.160. The summed E-state index contributed by atoms with van der Waals surface area (Å²) in [6.07, 6.45) is 0. The molecule has 36 heavy (non-hydrogen) atoms. The fourth-order valence-electron chi connectivity index (χ4n) is 4.05. The summed E-state index contributed by atoms with van der Waals surface area (Å²) in [6.45, 7) is 2.09. The van der Waals surface area contributed by atoms with Gasteiger partial charge in [0.2, 0.25) is 0 Å². The van der Waals surface area contributed by atoms with E-state index >= 15 is 0 Å². The number of amides is 1. The average Bonchev–Trinajstić information content (AvgIpc) is 3.33. The summed E-state index contributed by atoms with van der Waals surface area (Å²) in [5.74, 6) is 0.167. The van der Waals surface area contributed by atoms with Gasteiger partial charge in [0.1, 0.15) is 11.5 Å². The first kappa shape index (κ1) is 23.4. The van der Waals surface area contributed by atoms with E-state index in [1.54, 1.807) is 12.1 Å². The van der Waals surface area contributed by atoms with Crippen molar-refractivity contribution in [3.05, 3.63) is 82.4 Å². The van der Waals surface area contributed by atoms with Crippen LogP contribution in [0.3, 0.4) is 0 Å². The number of hydrogen-bond acceptors (Lipinski definition) is 7. The van der Waals surface area contributed by atoms with Crippen LogP contribution in [0.1, 0.15) is 10.4 Å². The van der Waals surface area contributed by atoms with Crippen molar-refractivity contribution in [3.8, 4) is 11.4 Å². The molecule has 0 atom stereocenters. The van der Waals surface area contributed by atoms with Gasteiger partial charge in [-0.15, -0.1) is 0 Å². The molecule has 1 amide bonds. The number of nitrogens with zero attached hydrogens (tertiary/aromatic N) is 3. The molecule has 0 unspecified atom stereocenters. The molecule has 3 aromatic carbocycles. The van der Waals surface area contributed by atoms with Gasteiger partial charge in [-0.1, -0.05) is 24.3 Å². The quantitative estimate of drug-likeness (QED) is 0.212. The first-order valence-corrected chi connectivity index (χ1v) is 11.7. The Bertz CT molecular complexity index is 1430. The van der Waals surface area contributed by atoms with Crippen LogP contribution in [0, 0.1) is 10.1 Å². The molecule has 11 heteroatoms. The van der Waals surface area contributed by atoms with Gasteiger partial charge in [-0.25, -0.2) is 4.98 Å². The van der Waals surface area contributed by atoms with Crippen LogP contribution in [0.5, 0.6) is 0 Å². The van der Waals surface area contributed by atoms with Crippen molar-refractivity contribution in [1.82, 2.24) is 15.3 Å². The summed E-state index contributed by atoms with van der Waals surface area (Å²) in [7, 11) is 0. The largest absolute Gasteiger partial charge is 0.378 e. The second-order valence-electron chi connectivity index (χ2n) is 8.15. The third kappa shape index (κ3) is 5.02. The molecule has 2 heterocycles. The number of nitro benzene ring substituents is 1. The highest BCUT2D eigenvalue weighted by atomic mass is 32.1. The van der Waals surface area contributed by atoms with Crippen molar-refractivity contribution >= 4 is 51.3 Å². The van der Waals surface area contributed by atoms with E-state index < -0.39 is 10.8 Å². The smallest absolute Gasteiger partial charge is 0.293 e. The Labute approximate surface area is 211 Å². The molecule has 1 aromatic heterocycles. The molecule has 1 fully saturated rings. The van der Waals surface area contributed by atoms with Crippen molar-refractivity contribution in [2.75, 3.05) is 36.5 Å². The Hall–Kier alpha value is -4.35. The number of fused-ring (bicyclic) bond motifs is 1. The number of rotatable bonds is 5. The van der Waals surface area contributed by atoms with Crippen LogP contribution in [0.4, 0.5) is 17.1 Å². The molecule has 0 aliphatic carbocycles. The molecule has 4 aromatic rings. The van der Waals surface area contributed by atoms with E-state index in [-0.39, 0.29) is 16.4 Å². The molecule has 10 nitrogen and oxygen atoms in total. The molecular formula is C25H22N6O4S. The van der Waals surface area contributed by atoms with Gasteiger partial charge in [0.15, 0.2) is 5.11 Å². The minimum Gasteiger partial charge on any atom is -0.378 e. The van der Waals surface area contributed by atoms with E-state index in [9.17, 15) is 14.9 Å². The summed E-state index contributed by atoms with van der Waals surface area (Å²) in [5.41, 5.74) is 3.76. The topological polar surface area (TPSA) is 125 Å². The number of carbonyl (C=O) groups is 1. The lowest BCUT2D eigenvalue weighted by atomic mass is 10.1. The number of nitrogens with one attached hydrogen (secondary N) is 3. The maximum absolute atomic E-state index is 12.8. The number of para-hydroxylation sites is 2. The van der Waals surface area contributed by atoms with E-state index in [1.807, 2.05) is 53.4 Å². The zero-order valence-corrected chi connectivity index (χ0v) is 19.9. The Morgan fingerprint density at radius 1 is 1.08 bits per heavy atom. The van der Waals surface area contributed by atoms with Crippen LogP contribution >= 0.6 is 12.2 Å². The van der Waals surface area contributed by atoms with E-state index in [0.29, 0.717) is 43.5 Å². The van der Waals surface area contributed by atoms with Gasteiger partial charge in [0.25, 0.3) is 11.6 Å². The molecule has 0 spiro atoms. The lowest BCUT2D eigenvalue weighted by Gasteiger charge is -2.28. The van der Waals surface area contributed by atoms with Gasteiger partial charge in [0, 0.05) is 36.0 Å². The number of thiocarbonyl (C=S) groups is 1. The van der Waals surface area contributed by atoms with Crippen molar-refractivity contribution < 1.29 is 14.5 Å². The zero-order valence-electron chi connectivity index (χ0n) is 19.1. The molecule has 0 saturated carbocycles. The number of hydrogen-bond donors (Lipinski definition) is 3. The summed E-state index contributed by atoms with van der Waals surface area (Å²) in [6, 6.07) is 19.6. The summed E-state index contributed by atoms with van der Waals surface area (Å²) in [5, 5.41) is 17.3. The van der Waals surface area contributed by atoms with Gasteiger partial charge in [-0.05, 0) is 48.6 Å². The van der Waals surface area contributed by atoms with Gasteiger partial charge < -0.3 is 19.9 Å². The highest BCUT2D eigenvalue weighted by Gasteiger charge is 2.23. The van der Waals surface area contributed by atoms with Crippen LogP contribution in [0.15, 0.2) is 66.7 Å². The third-order valence-electron chi connectivity index (χ3n) is 5.80. The molecule has 0 radical (unpaired) electrons. The molecule has 5 rings (SSSR count). The molecule has 182 valence electrons. The van der Waals surface area contributed by atoms with Gasteiger partial charge in [-0.2, -0.15) is 0 Å². The van der Waals surface area contributed by atoms with Crippen LogP contribution in [0.25, 0.3) is 22.4 Å². The monoisotopic (exact) mass is 502 g/mol. The predicted octanol–water partition coefficient (Wildman–Crippen LogP) is 4.10. The van der Waals surface area contributed by atoms with E-state index in [4.69, 9.17) is 17.0 Å². The summed E-state index contributed by atoms with van der Waals surface area (Å²) < 4.78 is 5.32. The number of benzene rings is 3. The zero-order chi connectivity index (χ0) is 25.1. The lowest BCUT2D eigenvalue weighted by Crippen LogP contribution is -2.37. The maximum atomic E-state index is 12.8. The van der Waals surface area contributed by atoms with Gasteiger partial charge in [-0.3, -0.25) is 20.2 Å². The first-order chi connectivity index (χ1) is 17.5. The van der Waals surface area contributed by atoms with Crippen molar-refractivity contribution in [3.63, 3.8) is 0 Å². The number of aromatic amines is 1. The lowest BCUT2D eigenvalue weighted by molar-refractivity contribution is -0.384.